The predicted octanol–water partition coefficient (Wildman–Crippen LogP) is 2.95. The second-order valence-electron chi connectivity index (χ2n) is 5.74. The fourth-order valence-electron chi connectivity index (χ4n) is 2.85. The maximum Gasteiger partial charge on any atom is 0.226 e. The average Bonchev–Trinajstić information content (AvgIpc) is 3.37. The van der Waals surface area contributed by atoms with Crippen molar-refractivity contribution >= 4 is 17.1 Å². The molecule has 3 aromatic heterocycles. The molecular formula is C17H17N5O. The van der Waals surface area contributed by atoms with Gasteiger partial charge in [0.1, 0.15) is 17.5 Å². The third-order valence-electron chi connectivity index (χ3n) is 4.18. The molecule has 0 bridgehead atoms. The first-order chi connectivity index (χ1) is 11.2. The molecule has 1 aliphatic carbocycles. The maximum absolute atomic E-state index is 5.50. The first-order valence-electron chi connectivity index (χ1n) is 7.56. The third kappa shape index (κ3) is 2.18. The van der Waals surface area contributed by atoms with E-state index in [2.05, 4.69) is 21.5 Å². The van der Waals surface area contributed by atoms with Crippen molar-refractivity contribution < 1.29 is 4.74 Å². The molecule has 116 valence electrons. The zero-order chi connectivity index (χ0) is 16.0. The smallest absolute Gasteiger partial charge is 0.226 e. The van der Waals surface area contributed by atoms with E-state index in [1.807, 2.05) is 17.7 Å². The molecule has 0 radical (unpaired) electrons. The average molecular weight is 307 g/mol. The molecule has 1 fully saturated rings. The van der Waals surface area contributed by atoms with Gasteiger partial charge in [-0.15, -0.1) is 0 Å². The summed E-state index contributed by atoms with van der Waals surface area (Å²) in [6, 6.07) is 1.98. The van der Waals surface area contributed by atoms with E-state index < -0.39 is 0 Å². The number of nitrogens with zero attached hydrogens (tertiary/aromatic N) is 5. The van der Waals surface area contributed by atoms with Gasteiger partial charge in [-0.05, 0) is 25.0 Å². The van der Waals surface area contributed by atoms with Crippen LogP contribution in [0.2, 0.25) is 0 Å². The lowest BCUT2D eigenvalue weighted by molar-refractivity contribution is 0.397. The van der Waals surface area contributed by atoms with Gasteiger partial charge in [0.2, 0.25) is 5.88 Å². The molecule has 23 heavy (non-hydrogen) atoms. The van der Waals surface area contributed by atoms with Gasteiger partial charge in [0.25, 0.3) is 0 Å². The topological polar surface area (TPSA) is 65.7 Å². The highest BCUT2D eigenvalue weighted by Gasteiger charge is 2.31. The van der Waals surface area contributed by atoms with Crippen LogP contribution < -0.4 is 4.74 Å². The molecule has 0 saturated heterocycles. The lowest BCUT2D eigenvalue weighted by atomic mass is 10.1. The number of methoxy groups -OCH3 is 1. The van der Waals surface area contributed by atoms with E-state index in [1.54, 1.807) is 25.8 Å². The number of aryl methyl sites for hydroxylation is 1. The van der Waals surface area contributed by atoms with E-state index in [9.17, 15) is 0 Å². The summed E-state index contributed by atoms with van der Waals surface area (Å²) in [6.07, 6.45) is 7.36. The second kappa shape index (κ2) is 5.15. The summed E-state index contributed by atoms with van der Waals surface area (Å²) < 4.78 is 7.47. The molecule has 0 N–H and O–H groups in total. The zero-order valence-corrected chi connectivity index (χ0v) is 13.2. The monoisotopic (exact) mass is 307 g/mol. The Labute approximate surface area is 133 Å². The number of aromatic nitrogens is 5. The standard InChI is InChI=1S/C17H17N5O/c1-4-11-7-12-15(20-9-22(12)2)16(21-11)13-14(10-5-6-10)18-8-19-17(13)23-3/h4,7-10H,1,5-6H2,2-3H3. The number of ether oxygens (including phenoxy) is 1. The predicted molar refractivity (Wildman–Crippen MR) is 88.2 cm³/mol. The van der Waals surface area contributed by atoms with Crippen LogP contribution in [-0.4, -0.2) is 31.6 Å². The molecule has 3 heterocycles. The summed E-state index contributed by atoms with van der Waals surface area (Å²) in [4.78, 5) is 18.0. The minimum absolute atomic E-state index is 0.454. The number of imidazole rings is 1. The van der Waals surface area contributed by atoms with Crippen molar-refractivity contribution in [3.05, 3.63) is 36.7 Å². The lowest BCUT2D eigenvalue weighted by Gasteiger charge is -2.12. The fourth-order valence-corrected chi connectivity index (χ4v) is 2.85. The largest absolute Gasteiger partial charge is 0.480 e. The van der Waals surface area contributed by atoms with Crippen molar-refractivity contribution in [2.45, 2.75) is 18.8 Å². The molecule has 1 aliphatic rings. The number of hydrogen-bond acceptors (Lipinski definition) is 5. The highest BCUT2D eigenvalue weighted by Crippen LogP contribution is 2.46. The molecule has 0 spiro atoms. The van der Waals surface area contributed by atoms with Gasteiger partial charge in [-0.1, -0.05) is 6.58 Å². The van der Waals surface area contributed by atoms with Crippen molar-refractivity contribution in [3.63, 3.8) is 0 Å². The Kier molecular flexibility index (Phi) is 3.11. The molecule has 4 rings (SSSR count). The Morgan fingerprint density at radius 1 is 1.30 bits per heavy atom. The van der Waals surface area contributed by atoms with Gasteiger partial charge >= 0.3 is 0 Å². The molecule has 3 aromatic rings. The summed E-state index contributed by atoms with van der Waals surface area (Å²) in [6.45, 7) is 3.84. The van der Waals surface area contributed by atoms with Gasteiger partial charge in [-0.3, -0.25) is 0 Å². The van der Waals surface area contributed by atoms with E-state index in [4.69, 9.17) is 9.72 Å². The van der Waals surface area contributed by atoms with E-state index in [0.717, 1.165) is 46.5 Å². The molecule has 0 amide bonds. The summed E-state index contributed by atoms with van der Waals surface area (Å²) in [7, 11) is 3.59. The fraction of sp³-hybridized carbons (Fsp3) is 0.294. The molecule has 0 unspecified atom stereocenters. The van der Waals surface area contributed by atoms with E-state index >= 15 is 0 Å². The van der Waals surface area contributed by atoms with Crippen LogP contribution in [0, 0.1) is 0 Å². The van der Waals surface area contributed by atoms with Crippen LogP contribution in [0.25, 0.3) is 28.4 Å². The van der Waals surface area contributed by atoms with Gasteiger partial charge < -0.3 is 9.30 Å². The van der Waals surface area contributed by atoms with Gasteiger partial charge in [0.15, 0.2) is 0 Å². The summed E-state index contributed by atoms with van der Waals surface area (Å²) in [5, 5.41) is 0. The number of fused-ring (bicyclic) bond motifs is 1. The highest BCUT2D eigenvalue weighted by molar-refractivity contribution is 5.93. The third-order valence-corrected chi connectivity index (χ3v) is 4.18. The maximum atomic E-state index is 5.50. The summed E-state index contributed by atoms with van der Waals surface area (Å²) in [5.74, 6) is 0.998. The van der Waals surface area contributed by atoms with Gasteiger partial charge in [-0.2, -0.15) is 0 Å². The number of hydrogen-bond donors (Lipinski definition) is 0. The molecule has 6 heteroatoms. The second-order valence-corrected chi connectivity index (χ2v) is 5.74. The molecule has 1 saturated carbocycles. The lowest BCUT2D eigenvalue weighted by Crippen LogP contribution is -2.02. The Balaban J connectivity index is 2.08. The summed E-state index contributed by atoms with van der Waals surface area (Å²) >= 11 is 0. The van der Waals surface area contributed by atoms with Crippen molar-refractivity contribution in [1.82, 2.24) is 24.5 Å². The van der Waals surface area contributed by atoms with Crippen molar-refractivity contribution in [2.24, 2.45) is 7.05 Å². The first kappa shape index (κ1) is 13.9. The van der Waals surface area contributed by atoms with Crippen LogP contribution in [0.1, 0.15) is 30.1 Å². The van der Waals surface area contributed by atoms with Crippen LogP contribution in [0.15, 0.2) is 25.3 Å². The molecule has 0 aromatic carbocycles. The van der Waals surface area contributed by atoms with Gasteiger partial charge in [-0.25, -0.2) is 19.9 Å². The van der Waals surface area contributed by atoms with E-state index in [0.29, 0.717) is 11.8 Å². The molecule has 0 aliphatic heterocycles. The van der Waals surface area contributed by atoms with Gasteiger partial charge in [0, 0.05) is 13.0 Å². The van der Waals surface area contributed by atoms with E-state index in [1.165, 1.54) is 0 Å². The van der Waals surface area contributed by atoms with Gasteiger partial charge in [0.05, 0.1) is 35.9 Å². The van der Waals surface area contributed by atoms with Crippen molar-refractivity contribution in [2.75, 3.05) is 7.11 Å². The van der Waals surface area contributed by atoms with Crippen LogP contribution in [0.5, 0.6) is 5.88 Å². The van der Waals surface area contributed by atoms with Crippen LogP contribution >= 0.6 is 0 Å². The normalized spacial score (nSPS) is 14.2. The zero-order valence-electron chi connectivity index (χ0n) is 13.2. The Morgan fingerprint density at radius 2 is 2.13 bits per heavy atom. The van der Waals surface area contributed by atoms with Crippen LogP contribution in [0.4, 0.5) is 0 Å². The number of rotatable bonds is 4. The summed E-state index contributed by atoms with van der Waals surface area (Å²) in [5.41, 5.74) is 5.23. The minimum atomic E-state index is 0.454. The van der Waals surface area contributed by atoms with E-state index in [-0.39, 0.29) is 0 Å². The minimum Gasteiger partial charge on any atom is -0.480 e. The molecule has 0 atom stereocenters. The Morgan fingerprint density at radius 3 is 2.83 bits per heavy atom. The quantitative estimate of drug-likeness (QED) is 0.741. The SMILES string of the molecule is C=Cc1cc2c(ncn2C)c(-c2c(OC)ncnc2C2CC2)n1. The van der Waals surface area contributed by atoms with Crippen LogP contribution in [0.3, 0.4) is 0 Å². The Bertz CT molecular complexity index is 911. The Hall–Kier alpha value is -2.76. The molecular weight excluding hydrogens is 290 g/mol. The molecule has 6 nitrogen and oxygen atoms in total. The first-order valence-corrected chi connectivity index (χ1v) is 7.56. The van der Waals surface area contributed by atoms with Crippen molar-refractivity contribution in [3.8, 4) is 17.1 Å². The van der Waals surface area contributed by atoms with Crippen molar-refractivity contribution in [1.29, 1.82) is 0 Å². The highest BCUT2D eigenvalue weighted by atomic mass is 16.5. The number of pyridine rings is 1. The van der Waals surface area contributed by atoms with Crippen LogP contribution in [-0.2, 0) is 7.05 Å².